The van der Waals surface area contributed by atoms with Crippen molar-refractivity contribution in [3.8, 4) is 23.0 Å². The molecule has 16 rings (SSSR count). The zero-order valence-corrected chi connectivity index (χ0v) is 90.1. The zero-order chi connectivity index (χ0) is 105. The molecule has 8 saturated heterocycles. The third kappa shape index (κ3) is 35.7. The lowest BCUT2D eigenvalue weighted by atomic mass is 9.99. The monoisotopic (exact) mass is 1980 g/mol. The number of hydrogen-bond donors (Lipinski definition) is 0. The van der Waals surface area contributed by atoms with Crippen LogP contribution in [0.5, 0.6) is 23.0 Å². The van der Waals surface area contributed by atoms with Gasteiger partial charge in [0, 0.05) is 127 Å². The minimum Gasteiger partial charge on any atom is -0.496 e. The zero-order valence-electron chi connectivity index (χ0n) is 90.1. The molecule has 8 aliphatic heterocycles. The predicted octanol–water partition coefficient (Wildman–Crippen LogP) is 20.8. The Morgan fingerprint density at radius 2 is 0.514 bits per heavy atom. The molecule has 0 aromatic heterocycles. The third-order valence-electron chi connectivity index (χ3n) is 27.2. The van der Waals surface area contributed by atoms with Gasteiger partial charge in [0.2, 0.25) is 23.6 Å². The molecular weight excluding hydrogens is 1820 g/mol. The minimum atomic E-state index is -0.302. The number of carbonyl (C=O) groups is 8. The Morgan fingerprint density at radius 3 is 0.792 bits per heavy atom. The highest BCUT2D eigenvalue weighted by molar-refractivity contribution is 5.97. The molecule has 0 spiro atoms. The smallest absolute Gasteiger partial charge is 0.254 e. The summed E-state index contributed by atoms with van der Waals surface area (Å²) in [6, 6.07) is 53.2. The first kappa shape index (κ1) is 116. The molecule has 784 valence electrons. The molecule has 25 heteroatoms. The number of methoxy groups -OCH3 is 4. The van der Waals surface area contributed by atoms with Crippen LogP contribution in [-0.4, -0.2) is 272 Å². The summed E-state index contributed by atoms with van der Waals surface area (Å²) in [5.41, 5.74) is 16.1. The summed E-state index contributed by atoms with van der Waals surface area (Å²) < 4.78 is 56.6. The van der Waals surface area contributed by atoms with Crippen LogP contribution in [-0.2, 0) is 63.8 Å². The molecule has 1 atom stereocenters. The van der Waals surface area contributed by atoms with Gasteiger partial charge in [0.25, 0.3) is 23.6 Å². The van der Waals surface area contributed by atoms with E-state index >= 15 is 0 Å². The van der Waals surface area contributed by atoms with Crippen LogP contribution in [0.4, 0.5) is 4.39 Å². The molecule has 0 N–H and O–H groups in total. The van der Waals surface area contributed by atoms with Crippen LogP contribution in [0.1, 0.15) is 312 Å². The van der Waals surface area contributed by atoms with E-state index < -0.39 is 0 Å². The molecule has 0 bridgehead atoms. The van der Waals surface area contributed by atoms with Crippen LogP contribution in [0.25, 0.3) is 0 Å². The molecule has 0 saturated carbocycles. The van der Waals surface area contributed by atoms with Crippen molar-refractivity contribution in [2.24, 2.45) is 0 Å². The molecule has 8 aromatic carbocycles. The summed E-state index contributed by atoms with van der Waals surface area (Å²) in [5.74, 6) is 7.49. The highest BCUT2D eigenvalue weighted by Gasteiger charge is 2.30. The fourth-order valence-electron chi connectivity index (χ4n) is 17.7. The number of morpholine rings is 4. The van der Waals surface area contributed by atoms with E-state index in [1.807, 2.05) is 140 Å². The van der Waals surface area contributed by atoms with Crippen molar-refractivity contribution in [1.82, 2.24) is 39.2 Å². The van der Waals surface area contributed by atoms with Crippen LogP contribution in [0.3, 0.4) is 0 Å². The lowest BCUT2D eigenvalue weighted by molar-refractivity contribution is -0.134. The molecular formula is C119H165FN8O16. The number of halogens is 1. The van der Waals surface area contributed by atoms with Gasteiger partial charge in [-0.3, -0.25) is 38.4 Å². The van der Waals surface area contributed by atoms with E-state index in [4.69, 9.17) is 37.9 Å². The van der Waals surface area contributed by atoms with Crippen molar-refractivity contribution in [3.05, 3.63) is 259 Å². The highest BCUT2D eigenvalue weighted by Crippen LogP contribution is 2.34. The Kier molecular flexibility index (Phi) is 47.7. The van der Waals surface area contributed by atoms with Crippen LogP contribution < -0.4 is 18.9 Å². The second-order valence-electron chi connectivity index (χ2n) is 40.6. The van der Waals surface area contributed by atoms with E-state index in [-0.39, 0.29) is 65.1 Å². The third-order valence-corrected chi connectivity index (χ3v) is 27.2. The largest absolute Gasteiger partial charge is 0.496 e. The Hall–Kier alpha value is -11.5. The average Bonchev–Trinajstić information content (AvgIpc) is 0.942. The molecule has 0 radical (unpaired) electrons. The molecule has 8 heterocycles. The SMILES string of the molecule is CC(C)c1ccc(C(=O)N2CCOCC2)cc1.CC(C)c1ccc(C(=O)N2CCOCC2)cc1F.CC(C)c1ccc(CC(=O)N2CCC2)cc1.CC(C)c1ccc(CC(=O)N2CCCC2)cc1.COc1cc(C(=O)N2CCOC(C)C2)ccc1C(C)C.COc1cc(C(=O)N2CCOCC2)ccc1C(C)C.COc1cc(CC(=O)N2CCC2)ccc1C(C)C.COc1cc(CC(=O)N2CCCC2)ccc1C(C)C. The first-order valence-corrected chi connectivity index (χ1v) is 52.4. The average molecular weight is 1980 g/mol. The van der Waals surface area contributed by atoms with E-state index in [1.54, 1.807) is 45.5 Å². The highest BCUT2D eigenvalue weighted by atomic mass is 19.1. The molecule has 144 heavy (non-hydrogen) atoms. The van der Waals surface area contributed by atoms with Gasteiger partial charge in [-0.05, 0) is 220 Å². The van der Waals surface area contributed by atoms with E-state index in [0.717, 1.165) is 153 Å². The number of likely N-dealkylation sites (tertiary alicyclic amines) is 4. The fourth-order valence-corrected chi connectivity index (χ4v) is 17.7. The predicted molar refractivity (Wildman–Crippen MR) is 571 cm³/mol. The van der Waals surface area contributed by atoms with Crippen LogP contribution in [0, 0.1) is 5.82 Å². The normalized spacial score (nSPS) is 16.0. The summed E-state index contributed by atoms with van der Waals surface area (Å²) in [7, 11) is 6.66. The minimum absolute atomic E-state index is 0.0498. The molecule has 0 aliphatic carbocycles. The lowest BCUT2D eigenvalue weighted by Gasteiger charge is -2.31. The Morgan fingerprint density at radius 1 is 0.271 bits per heavy atom. The Balaban J connectivity index is 0.000000183. The second-order valence-corrected chi connectivity index (χ2v) is 40.6. The quantitative estimate of drug-likeness (QED) is 0.0547. The van der Waals surface area contributed by atoms with Gasteiger partial charge in [0.05, 0.1) is 106 Å². The number of rotatable bonds is 24. The van der Waals surface area contributed by atoms with Crippen molar-refractivity contribution in [3.63, 3.8) is 0 Å². The number of hydrogen-bond acceptors (Lipinski definition) is 16. The maximum Gasteiger partial charge on any atom is 0.254 e. The maximum absolute atomic E-state index is 13.8. The van der Waals surface area contributed by atoms with Gasteiger partial charge in [-0.15, -0.1) is 0 Å². The molecule has 8 amide bonds. The van der Waals surface area contributed by atoms with Crippen LogP contribution in [0.15, 0.2) is 164 Å². The Bertz CT molecular complexity index is 5350. The topological polar surface area (TPSA) is 236 Å². The number of benzene rings is 8. The van der Waals surface area contributed by atoms with Crippen molar-refractivity contribution in [2.45, 2.75) is 235 Å². The second kappa shape index (κ2) is 59.2. The van der Waals surface area contributed by atoms with Gasteiger partial charge in [0.15, 0.2) is 0 Å². The van der Waals surface area contributed by atoms with Crippen LogP contribution >= 0.6 is 0 Å². The van der Waals surface area contributed by atoms with Crippen molar-refractivity contribution in [2.75, 3.05) is 179 Å². The van der Waals surface area contributed by atoms with E-state index in [2.05, 4.69) is 158 Å². The van der Waals surface area contributed by atoms with E-state index in [1.165, 1.54) is 33.9 Å². The van der Waals surface area contributed by atoms with Gasteiger partial charge in [-0.2, -0.15) is 0 Å². The number of amides is 8. The Labute approximate surface area is 858 Å². The number of carbonyl (C=O) groups excluding carboxylic acids is 8. The summed E-state index contributed by atoms with van der Waals surface area (Å²) in [5, 5.41) is 0. The molecule has 8 aliphatic rings. The van der Waals surface area contributed by atoms with Gasteiger partial charge in [-0.1, -0.05) is 214 Å². The van der Waals surface area contributed by atoms with Gasteiger partial charge >= 0.3 is 0 Å². The molecule has 24 nitrogen and oxygen atoms in total. The first-order valence-electron chi connectivity index (χ1n) is 52.4. The summed E-state index contributed by atoms with van der Waals surface area (Å²) in [4.78, 5) is 112. The number of ether oxygens (including phenoxy) is 8. The van der Waals surface area contributed by atoms with Crippen molar-refractivity contribution in [1.29, 1.82) is 0 Å². The fraction of sp³-hybridized carbons (Fsp3) is 0.529. The summed E-state index contributed by atoms with van der Waals surface area (Å²) in [6.07, 6.45) is 9.09. The van der Waals surface area contributed by atoms with E-state index in [9.17, 15) is 42.7 Å². The van der Waals surface area contributed by atoms with Gasteiger partial charge in [-0.25, -0.2) is 4.39 Å². The van der Waals surface area contributed by atoms with Gasteiger partial charge < -0.3 is 77.1 Å². The van der Waals surface area contributed by atoms with Gasteiger partial charge in [0.1, 0.15) is 28.8 Å². The first-order chi connectivity index (χ1) is 69.0. The summed E-state index contributed by atoms with van der Waals surface area (Å²) in [6.45, 7) is 52.8. The maximum atomic E-state index is 13.8. The van der Waals surface area contributed by atoms with Crippen molar-refractivity contribution >= 4 is 47.3 Å². The summed E-state index contributed by atoms with van der Waals surface area (Å²) >= 11 is 0. The van der Waals surface area contributed by atoms with Crippen molar-refractivity contribution < 1.29 is 80.6 Å². The van der Waals surface area contributed by atoms with E-state index in [0.29, 0.717) is 188 Å². The number of nitrogens with zero attached hydrogens (tertiary/aromatic N) is 8. The standard InChI is InChI=1S/C16H23NO3.C16H23NO2.C15H21NO3.C15H21NO2.C15H21NO.C14H18FNO2.C14H19NO2.C14H19NO/c1-11(2)14-6-5-13(9-15(14)19-4)16(18)17-7-8-20-12(3)10-17;1-12(2)14-7-6-13(10-15(14)19-3)11-16(18)17-8-4-5-9-17;1-11(2)13-5-4-12(10-14(13)18-3)15(17)16-6-8-19-9-7-16;1-11(2)13-6-5-12(9-14(13)18-3)10-15(17)16-7-4-8-16;1-12(2)14-7-5-13(6-8-14)11-15(17)16-9-3-4-10-16;1-10(2)12-4-3-11(9-13(12)15)14(17)16-5-7-18-8-6-16;1-11(2)12-3-5-13(6-4-12)14(16)15-7-9-17-10-8-15;1-11(2)13-6-4-12(5-7-13)10-14(16)15-8-3-9-15/h5-6,9,11-12H,7-8,10H2,1-4H3;6-7,10,12H,4-5,8-9,11H2,1-3H3;4-5,10-11H,6-9H2,1-3H3;5-6,9,11H,4,7-8,10H2,1-3H3;5-8,12H,3-4,9-11H2,1-2H3;3-4,9-10H,5-8H2,1-2H3;3-6,11H,7-10H2,1-2H3;4-7,11H,3,8-10H2,1-2H3. The van der Waals surface area contributed by atoms with Crippen LogP contribution in [0.2, 0.25) is 0 Å². The lowest BCUT2D eigenvalue weighted by Crippen LogP contribution is -2.44. The molecule has 1 unspecified atom stereocenters. The molecule has 8 fully saturated rings. The molecule has 8 aromatic rings.